The molecule has 0 aliphatic heterocycles. The zero-order valence-corrected chi connectivity index (χ0v) is 10.9. The molecule has 0 radical (unpaired) electrons. The van der Waals surface area contributed by atoms with Crippen LogP contribution in [0.5, 0.6) is 17.2 Å². The molecule has 104 valence electrons. The Morgan fingerprint density at radius 3 is 2.21 bits per heavy atom. The van der Waals surface area contributed by atoms with E-state index in [0.717, 1.165) is 12.5 Å². The van der Waals surface area contributed by atoms with Crippen molar-refractivity contribution in [3.8, 4) is 17.2 Å². The molecule has 19 heavy (non-hydrogen) atoms. The van der Waals surface area contributed by atoms with E-state index in [9.17, 15) is 25.2 Å². The minimum atomic E-state index is -1.35. The lowest BCUT2D eigenvalue weighted by atomic mass is 9.69. The van der Waals surface area contributed by atoms with Gasteiger partial charge in [-0.25, -0.2) is 0 Å². The fourth-order valence-corrected chi connectivity index (χ4v) is 3.11. The molecule has 4 N–H and O–H groups in total. The molecular weight excluding hydrogens is 272 g/mol. The van der Waals surface area contributed by atoms with Gasteiger partial charge in [0.15, 0.2) is 11.5 Å². The van der Waals surface area contributed by atoms with E-state index in [2.05, 4.69) is 0 Å². The summed E-state index contributed by atoms with van der Waals surface area (Å²) in [5, 5.41) is 38.5. The molecule has 1 fully saturated rings. The van der Waals surface area contributed by atoms with Crippen LogP contribution in [0.25, 0.3) is 0 Å². The predicted molar refractivity (Wildman–Crippen MR) is 68.8 cm³/mol. The smallest absolute Gasteiger partial charge is 0.314 e. The highest BCUT2D eigenvalue weighted by atomic mass is 35.5. The average Bonchev–Trinajstić information content (AvgIpc) is 2.37. The number of aromatic hydroxyl groups is 3. The summed E-state index contributed by atoms with van der Waals surface area (Å²) >= 11 is 5.95. The fraction of sp³-hybridized carbons (Fsp3) is 0.462. The van der Waals surface area contributed by atoms with E-state index < -0.39 is 28.6 Å². The van der Waals surface area contributed by atoms with Gasteiger partial charge in [0.05, 0.1) is 10.4 Å². The van der Waals surface area contributed by atoms with Gasteiger partial charge in [-0.3, -0.25) is 4.79 Å². The Morgan fingerprint density at radius 2 is 1.68 bits per heavy atom. The number of carbonyl (C=O) groups is 1. The molecule has 1 aromatic rings. The van der Waals surface area contributed by atoms with Gasteiger partial charge in [0.25, 0.3) is 0 Å². The summed E-state index contributed by atoms with van der Waals surface area (Å²) in [5.74, 6) is -2.66. The van der Waals surface area contributed by atoms with Crippen molar-refractivity contribution in [3.63, 3.8) is 0 Å². The summed E-state index contributed by atoms with van der Waals surface area (Å²) in [6, 6.07) is 0.902. The predicted octanol–water partition coefficient (Wildman–Crippen LogP) is 2.74. The summed E-state index contributed by atoms with van der Waals surface area (Å²) in [7, 11) is 0. The van der Waals surface area contributed by atoms with Gasteiger partial charge in [-0.15, -0.1) is 0 Å². The second-order valence-corrected chi connectivity index (χ2v) is 5.28. The lowest BCUT2D eigenvalue weighted by Crippen LogP contribution is -2.38. The zero-order valence-electron chi connectivity index (χ0n) is 10.2. The van der Waals surface area contributed by atoms with Gasteiger partial charge in [-0.1, -0.05) is 30.9 Å². The molecular formula is C13H15ClO5. The third kappa shape index (κ3) is 2.08. The van der Waals surface area contributed by atoms with Crippen molar-refractivity contribution >= 4 is 17.6 Å². The van der Waals surface area contributed by atoms with Gasteiger partial charge in [-0.2, -0.15) is 0 Å². The van der Waals surface area contributed by atoms with E-state index in [1.807, 2.05) is 0 Å². The molecule has 0 bridgehead atoms. The molecule has 0 spiro atoms. The standard InChI is InChI=1S/C13H15ClO5/c14-10-7(15)6-8(16)11(17)9(10)13(12(18)19)4-2-1-3-5-13/h6,15-17H,1-5H2,(H,18,19). The Bertz CT molecular complexity index is 494. The van der Waals surface area contributed by atoms with Crippen LogP contribution in [0.3, 0.4) is 0 Å². The molecule has 1 aromatic carbocycles. The molecule has 1 saturated carbocycles. The third-order valence-electron chi connectivity index (χ3n) is 3.79. The average molecular weight is 287 g/mol. The Hall–Kier alpha value is -1.62. The maximum atomic E-state index is 11.7. The highest BCUT2D eigenvalue weighted by Gasteiger charge is 2.45. The molecule has 0 amide bonds. The lowest BCUT2D eigenvalue weighted by molar-refractivity contribution is -0.145. The molecule has 1 aliphatic carbocycles. The summed E-state index contributed by atoms with van der Waals surface area (Å²) in [6.07, 6.45) is 2.94. The van der Waals surface area contributed by atoms with Crippen molar-refractivity contribution in [1.29, 1.82) is 0 Å². The van der Waals surface area contributed by atoms with Crippen molar-refractivity contribution in [2.24, 2.45) is 0 Å². The van der Waals surface area contributed by atoms with E-state index in [-0.39, 0.29) is 10.6 Å². The molecule has 0 aromatic heterocycles. The van der Waals surface area contributed by atoms with Gasteiger partial charge in [0, 0.05) is 11.6 Å². The number of carboxylic acids is 1. The second kappa shape index (κ2) is 4.81. The number of halogens is 1. The first-order valence-corrected chi connectivity index (χ1v) is 6.45. The summed E-state index contributed by atoms with van der Waals surface area (Å²) < 4.78 is 0. The Balaban J connectivity index is 2.70. The van der Waals surface area contributed by atoms with Crippen molar-refractivity contribution in [2.45, 2.75) is 37.5 Å². The van der Waals surface area contributed by atoms with Crippen LogP contribution in [0.4, 0.5) is 0 Å². The number of hydrogen-bond donors (Lipinski definition) is 4. The van der Waals surface area contributed by atoms with Crippen molar-refractivity contribution in [3.05, 3.63) is 16.7 Å². The fourth-order valence-electron chi connectivity index (χ4n) is 2.78. The number of rotatable bonds is 2. The summed E-state index contributed by atoms with van der Waals surface area (Å²) in [6.45, 7) is 0. The molecule has 0 saturated heterocycles. The summed E-state index contributed by atoms with van der Waals surface area (Å²) in [5.41, 5.74) is -1.44. The number of phenols is 3. The van der Waals surface area contributed by atoms with Gasteiger partial charge >= 0.3 is 5.97 Å². The Morgan fingerprint density at radius 1 is 1.11 bits per heavy atom. The first-order valence-electron chi connectivity index (χ1n) is 6.07. The van der Waals surface area contributed by atoms with Crippen LogP contribution in [0.2, 0.25) is 5.02 Å². The van der Waals surface area contributed by atoms with Crippen LogP contribution in [0.15, 0.2) is 6.07 Å². The third-order valence-corrected chi connectivity index (χ3v) is 4.17. The highest BCUT2D eigenvalue weighted by molar-refractivity contribution is 6.33. The van der Waals surface area contributed by atoms with Crippen LogP contribution in [-0.4, -0.2) is 26.4 Å². The number of benzene rings is 1. The van der Waals surface area contributed by atoms with Crippen molar-refractivity contribution in [1.82, 2.24) is 0 Å². The maximum Gasteiger partial charge on any atom is 0.314 e. The monoisotopic (exact) mass is 286 g/mol. The normalized spacial score (nSPS) is 18.2. The number of hydrogen-bond acceptors (Lipinski definition) is 4. The van der Waals surface area contributed by atoms with E-state index in [4.69, 9.17) is 11.6 Å². The van der Waals surface area contributed by atoms with Crippen LogP contribution >= 0.6 is 11.6 Å². The van der Waals surface area contributed by atoms with E-state index in [1.165, 1.54) is 0 Å². The molecule has 0 heterocycles. The first-order chi connectivity index (χ1) is 8.90. The van der Waals surface area contributed by atoms with E-state index >= 15 is 0 Å². The SMILES string of the molecule is O=C(O)C1(c2c(O)c(O)cc(O)c2Cl)CCCCC1. The molecule has 0 atom stereocenters. The largest absolute Gasteiger partial charge is 0.506 e. The van der Waals surface area contributed by atoms with Crippen LogP contribution in [-0.2, 0) is 10.2 Å². The quantitative estimate of drug-likeness (QED) is 0.495. The van der Waals surface area contributed by atoms with Gasteiger partial charge < -0.3 is 20.4 Å². The lowest BCUT2D eigenvalue weighted by Gasteiger charge is -2.34. The number of aliphatic carboxylic acids is 1. The minimum absolute atomic E-state index is 0.0844. The highest BCUT2D eigenvalue weighted by Crippen LogP contribution is 2.51. The number of phenolic OH excluding ortho intramolecular Hbond substituents is 3. The van der Waals surface area contributed by atoms with Crippen LogP contribution < -0.4 is 0 Å². The molecule has 5 nitrogen and oxygen atoms in total. The minimum Gasteiger partial charge on any atom is -0.506 e. The van der Waals surface area contributed by atoms with Crippen LogP contribution in [0, 0.1) is 0 Å². The second-order valence-electron chi connectivity index (χ2n) is 4.90. The van der Waals surface area contributed by atoms with Gasteiger partial charge in [-0.05, 0) is 12.8 Å². The molecule has 2 rings (SSSR count). The zero-order chi connectivity index (χ0) is 14.2. The Kier molecular flexibility index (Phi) is 3.49. The van der Waals surface area contributed by atoms with Crippen LogP contribution in [0.1, 0.15) is 37.7 Å². The van der Waals surface area contributed by atoms with Crippen molar-refractivity contribution in [2.75, 3.05) is 0 Å². The maximum absolute atomic E-state index is 11.7. The van der Waals surface area contributed by atoms with Crippen molar-refractivity contribution < 1.29 is 25.2 Å². The molecule has 1 aliphatic rings. The van der Waals surface area contributed by atoms with E-state index in [0.29, 0.717) is 25.7 Å². The molecule has 0 unspecified atom stereocenters. The number of carboxylic acid groups (broad SMARTS) is 1. The topological polar surface area (TPSA) is 98.0 Å². The first kappa shape index (κ1) is 13.8. The Labute approximate surface area is 115 Å². The van der Waals surface area contributed by atoms with Gasteiger partial charge in [0.2, 0.25) is 0 Å². The summed E-state index contributed by atoms with van der Waals surface area (Å²) in [4.78, 5) is 11.7. The van der Waals surface area contributed by atoms with Gasteiger partial charge in [0.1, 0.15) is 5.75 Å². The molecule has 6 heteroatoms. The van der Waals surface area contributed by atoms with E-state index in [1.54, 1.807) is 0 Å².